The molecule has 0 radical (unpaired) electrons. The second-order valence-electron chi connectivity index (χ2n) is 7.91. The van der Waals surface area contributed by atoms with Crippen molar-refractivity contribution in [2.24, 2.45) is 0 Å². The molecule has 3 aromatic rings. The number of nitrogens with one attached hydrogen (secondary N) is 1. The molecule has 0 bridgehead atoms. The molecule has 2 heterocycles. The second-order valence-corrected chi connectivity index (χ2v) is 8.30. The van der Waals surface area contributed by atoms with Gasteiger partial charge in [0.15, 0.2) is 22.2 Å². The van der Waals surface area contributed by atoms with Gasteiger partial charge in [0.1, 0.15) is 0 Å². The number of carbonyl (C=O) groups is 2. The number of hydrogen-bond acceptors (Lipinski definition) is 8. The summed E-state index contributed by atoms with van der Waals surface area (Å²) >= 11 is 6.03. The second kappa shape index (κ2) is 9.72. The molecule has 1 aromatic carbocycles. The summed E-state index contributed by atoms with van der Waals surface area (Å²) in [7, 11) is 2.70. The van der Waals surface area contributed by atoms with Gasteiger partial charge in [0.25, 0.3) is 5.91 Å². The molecule has 2 aromatic heterocycles. The fourth-order valence-corrected chi connectivity index (χ4v) is 3.87. The molecule has 0 saturated heterocycles. The minimum atomic E-state index is -1.21. The summed E-state index contributed by atoms with van der Waals surface area (Å²) in [4.78, 5) is 39.9. The van der Waals surface area contributed by atoms with E-state index in [1.54, 1.807) is 6.07 Å². The Hall–Kier alpha value is -3.97. The number of rotatable bonds is 8. The Bertz CT molecular complexity index is 1310. The molecule has 0 spiro atoms. The predicted molar refractivity (Wildman–Crippen MR) is 123 cm³/mol. The Kier molecular flexibility index (Phi) is 6.71. The van der Waals surface area contributed by atoms with Crippen LogP contribution in [-0.4, -0.2) is 62.9 Å². The summed E-state index contributed by atoms with van der Waals surface area (Å²) in [5.74, 6) is -0.263. The van der Waals surface area contributed by atoms with Crippen LogP contribution < -0.4 is 15.0 Å². The van der Waals surface area contributed by atoms with E-state index in [2.05, 4.69) is 15.4 Å². The number of ether oxygens (including phenoxy) is 2. The molecule has 2 amide bonds. The molecule has 1 aliphatic carbocycles. The molecule has 35 heavy (non-hydrogen) atoms. The first-order chi connectivity index (χ1) is 16.7. The van der Waals surface area contributed by atoms with Crippen LogP contribution in [-0.2, 0) is 11.3 Å². The molecular weight excluding hydrogens is 484 g/mol. The van der Waals surface area contributed by atoms with Crippen LogP contribution in [0, 0.1) is 10.1 Å². The summed E-state index contributed by atoms with van der Waals surface area (Å²) < 4.78 is 12.0. The van der Waals surface area contributed by atoms with E-state index in [1.165, 1.54) is 43.1 Å². The number of amides is 2. The molecule has 184 valence electrons. The first kappa shape index (κ1) is 24.2. The van der Waals surface area contributed by atoms with E-state index in [-0.39, 0.29) is 52.4 Å². The molecule has 1 saturated carbocycles. The quantitative estimate of drug-likeness (QED) is 0.347. The normalized spacial score (nSPS) is 17.0. The van der Waals surface area contributed by atoms with Gasteiger partial charge in [-0.3, -0.25) is 19.8 Å². The lowest BCUT2D eigenvalue weighted by Crippen LogP contribution is -2.48. The number of benzene rings is 1. The Labute approximate surface area is 203 Å². The third-order valence-electron chi connectivity index (χ3n) is 5.66. The summed E-state index contributed by atoms with van der Waals surface area (Å²) in [6.07, 6.45) is 1.08. The van der Waals surface area contributed by atoms with Gasteiger partial charge in [-0.05, 0) is 24.5 Å². The molecule has 14 heteroatoms. The van der Waals surface area contributed by atoms with Crippen LogP contribution in [0.25, 0.3) is 5.65 Å². The maximum Gasteiger partial charge on any atom is 0.411 e. The molecular formula is C21H21ClN6O7. The van der Waals surface area contributed by atoms with Gasteiger partial charge in [0.05, 0.1) is 36.6 Å². The first-order valence-corrected chi connectivity index (χ1v) is 10.8. The highest BCUT2D eigenvalue weighted by molar-refractivity contribution is 6.29. The number of carboxylic acid groups (broad SMARTS) is 1. The van der Waals surface area contributed by atoms with E-state index in [0.29, 0.717) is 18.4 Å². The summed E-state index contributed by atoms with van der Waals surface area (Å²) in [5, 5.41) is 27.4. The molecule has 1 aliphatic rings. The van der Waals surface area contributed by atoms with Gasteiger partial charge >= 0.3 is 11.8 Å². The van der Waals surface area contributed by atoms with E-state index >= 15 is 0 Å². The summed E-state index contributed by atoms with van der Waals surface area (Å²) in [6, 6.07) is 5.84. The molecule has 2 N–H and O–H groups in total. The SMILES string of the molecule is COc1ccc(COC2CC(NC(=O)c3cnc4c(N(C)C(=O)O)cc(Cl)nn34)C2)cc1[N+](=O)[O-]. The summed E-state index contributed by atoms with van der Waals surface area (Å²) in [6.45, 7) is 0.186. The van der Waals surface area contributed by atoms with Gasteiger partial charge in [-0.15, -0.1) is 0 Å². The highest BCUT2D eigenvalue weighted by Crippen LogP contribution is 2.30. The van der Waals surface area contributed by atoms with Crippen molar-refractivity contribution in [1.82, 2.24) is 19.9 Å². The Morgan fingerprint density at radius 3 is 2.77 bits per heavy atom. The average molecular weight is 505 g/mol. The fraction of sp³-hybridized carbons (Fsp3) is 0.333. The zero-order chi connectivity index (χ0) is 25.3. The zero-order valence-electron chi connectivity index (χ0n) is 18.7. The number of hydrogen-bond donors (Lipinski definition) is 2. The minimum Gasteiger partial charge on any atom is -0.490 e. The number of fused-ring (bicyclic) bond motifs is 1. The van der Waals surface area contributed by atoms with Crippen molar-refractivity contribution >= 4 is 40.6 Å². The third kappa shape index (κ3) is 4.95. The van der Waals surface area contributed by atoms with E-state index in [4.69, 9.17) is 21.1 Å². The topological polar surface area (TPSA) is 161 Å². The van der Waals surface area contributed by atoms with E-state index < -0.39 is 16.9 Å². The van der Waals surface area contributed by atoms with Crippen LogP contribution >= 0.6 is 11.6 Å². The lowest BCUT2D eigenvalue weighted by atomic mass is 9.89. The number of halogens is 1. The highest BCUT2D eigenvalue weighted by Gasteiger charge is 2.32. The number of anilines is 1. The number of carbonyl (C=O) groups excluding carboxylic acids is 1. The van der Waals surface area contributed by atoms with E-state index in [1.807, 2.05) is 0 Å². The molecule has 0 unspecified atom stereocenters. The minimum absolute atomic E-state index is 0.00327. The van der Waals surface area contributed by atoms with Crippen molar-refractivity contribution in [3.8, 4) is 5.75 Å². The monoisotopic (exact) mass is 504 g/mol. The van der Waals surface area contributed by atoms with Crippen molar-refractivity contribution < 1.29 is 29.1 Å². The number of nitro groups is 1. The maximum absolute atomic E-state index is 12.8. The van der Waals surface area contributed by atoms with Gasteiger partial charge < -0.3 is 19.9 Å². The Morgan fingerprint density at radius 2 is 2.11 bits per heavy atom. The van der Waals surface area contributed by atoms with Gasteiger partial charge in [0, 0.05) is 25.2 Å². The van der Waals surface area contributed by atoms with Crippen molar-refractivity contribution in [2.75, 3.05) is 19.1 Å². The van der Waals surface area contributed by atoms with E-state index in [9.17, 15) is 24.8 Å². The number of nitro benzene ring substituents is 1. The fourth-order valence-electron chi connectivity index (χ4n) is 3.69. The number of aromatic nitrogens is 3. The highest BCUT2D eigenvalue weighted by atomic mass is 35.5. The third-order valence-corrected chi connectivity index (χ3v) is 5.84. The summed E-state index contributed by atoms with van der Waals surface area (Å²) in [5.41, 5.74) is 0.977. The van der Waals surface area contributed by atoms with Gasteiger partial charge in [-0.1, -0.05) is 17.7 Å². The van der Waals surface area contributed by atoms with Crippen LogP contribution in [0.4, 0.5) is 16.2 Å². The van der Waals surface area contributed by atoms with Crippen molar-refractivity contribution in [3.63, 3.8) is 0 Å². The molecule has 13 nitrogen and oxygen atoms in total. The number of methoxy groups -OCH3 is 1. The average Bonchev–Trinajstić information content (AvgIpc) is 3.22. The Morgan fingerprint density at radius 1 is 1.37 bits per heavy atom. The standard InChI is InChI=1S/C21H21ClN6O7/c1-26(21(30)31)15-8-18(22)25-27-16(9-23-19(15)27)20(29)24-12-6-13(7-12)35-10-11-3-4-17(34-2)14(5-11)28(32)33/h3-5,8-9,12-13H,6-7,10H2,1-2H3,(H,24,29)(H,30,31). The van der Waals surface area contributed by atoms with Crippen LogP contribution in [0.1, 0.15) is 28.9 Å². The molecule has 0 atom stereocenters. The van der Waals surface area contributed by atoms with Crippen LogP contribution in [0.5, 0.6) is 5.75 Å². The molecule has 1 fully saturated rings. The van der Waals surface area contributed by atoms with Gasteiger partial charge in [-0.2, -0.15) is 5.10 Å². The van der Waals surface area contributed by atoms with Crippen LogP contribution in [0.3, 0.4) is 0 Å². The van der Waals surface area contributed by atoms with Gasteiger partial charge in [-0.25, -0.2) is 14.3 Å². The lowest BCUT2D eigenvalue weighted by molar-refractivity contribution is -0.385. The van der Waals surface area contributed by atoms with Crippen LogP contribution in [0.2, 0.25) is 5.15 Å². The predicted octanol–water partition coefficient (Wildman–Crippen LogP) is 2.89. The van der Waals surface area contributed by atoms with Crippen molar-refractivity contribution in [1.29, 1.82) is 0 Å². The molecule has 4 rings (SSSR count). The zero-order valence-corrected chi connectivity index (χ0v) is 19.4. The number of imidazole rings is 1. The lowest BCUT2D eigenvalue weighted by Gasteiger charge is -2.35. The maximum atomic E-state index is 12.8. The molecule has 0 aliphatic heterocycles. The van der Waals surface area contributed by atoms with Crippen molar-refractivity contribution in [3.05, 3.63) is 57.0 Å². The Balaban J connectivity index is 1.35. The first-order valence-electron chi connectivity index (χ1n) is 10.4. The van der Waals surface area contributed by atoms with Crippen molar-refractivity contribution in [2.45, 2.75) is 31.6 Å². The van der Waals surface area contributed by atoms with Gasteiger partial charge in [0.2, 0.25) is 0 Å². The number of nitrogens with zero attached hydrogens (tertiary/aromatic N) is 5. The smallest absolute Gasteiger partial charge is 0.411 e. The van der Waals surface area contributed by atoms with Crippen LogP contribution in [0.15, 0.2) is 30.5 Å². The largest absolute Gasteiger partial charge is 0.490 e. The van der Waals surface area contributed by atoms with E-state index in [0.717, 1.165) is 4.90 Å².